The van der Waals surface area contributed by atoms with Crippen molar-refractivity contribution in [2.75, 3.05) is 10.2 Å². The number of hydrogen-bond donors (Lipinski definition) is 1. The van der Waals surface area contributed by atoms with E-state index < -0.39 is 6.03 Å². The zero-order valence-electron chi connectivity index (χ0n) is 14.0. The minimum atomic E-state index is -0.630. The third-order valence-corrected chi connectivity index (χ3v) is 4.57. The van der Waals surface area contributed by atoms with Gasteiger partial charge in [0.25, 0.3) is 0 Å². The molecule has 0 saturated heterocycles. The number of hydrogen-bond acceptors (Lipinski definition) is 4. The molecule has 0 aliphatic heterocycles. The van der Waals surface area contributed by atoms with Gasteiger partial charge in [0.2, 0.25) is 6.41 Å². The second-order valence-electron chi connectivity index (χ2n) is 5.60. The number of rotatable bonds is 3. The fourth-order valence-corrected chi connectivity index (χ4v) is 2.65. The molecule has 1 aromatic heterocycles. The van der Waals surface area contributed by atoms with Crippen LogP contribution in [0.5, 0.6) is 0 Å². The van der Waals surface area contributed by atoms with Gasteiger partial charge in [-0.3, -0.25) is 4.79 Å². The first-order chi connectivity index (χ1) is 12.4. The first-order valence-corrected chi connectivity index (χ1v) is 8.40. The third kappa shape index (κ3) is 3.61. The van der Waals surface area contributed by atoms with Crippen molar-refractivity contribution in [1.29, 1.82) is 0 Å². The van der Waals surface area contributed by atoms with Crippen LogP contribution in [-0.2, 0) is 4.79 Å². The monoisotopic (exact) mass is 388 g/mol. The van der Waals surface area contributed by atoms with Crippen molar-refractivity contribution in [2.24, 2.45) is 0 Å². The summed E-state index contributed by atoms with van der Waals surface area (Å²) in [6, 6.07) is 9.01. The molecule has 3 amide bonds. The molecule has 8 heteroatoms. The van der Waals surface area contributed by atoms with E-state index in [9.17, 15) is 9.59 Å². The normalized spacial score (nSPS) is 10.6. The van der Waals surface area contributed by atoms with E-state index in [0.717, 1.165) is 16.3 Å². The Hall–Kier alpha value is -2.70. The molecular formula is C18H14Cl2N4O2. The maximum Gasteiger partial charge on any atom is 0.332 e. The minimum absolute atomic E-state index is 0.300. The van der Waals surface area contributed by atoms with E-state index in [1.807, 2.05) is 13.8 Å². The molecule has 6 nitrogen and oxygen atoms in total. The maximum atomic E-state index is 12.5. The Kier molecular flexibility index (Phi) is 5.06. The van der Waals surface area contributed by atoms with Crippen molar-refractivity contribution in [2.45, 2.75) is 13.8 Å². The first kappa shape index (κ1) is 18.1. The largest absolute Gasteiger partial charge is 0.332 e. The van der Waals surface area contributed by atoms with Crippen LogP contribution in [0.3, 0.4) is 0 Å². The van der Waals surface area contributed by atoms with Crippen LogP contribution in [0.4, 0.5) is 16.2 Å². The summed E-state index contributed by atoms with van der Waals surface area (Å²) in [4.78, 5) is 33.8. The summed E-state index contributed by atoms with van der Waals surface area (Å²) in [5.74, 6) is 0. The van der Waals surface area contributed by atoms with Gasteiger partial charge in [-0.2, -0.15) is 0 Å². The zero-order chi connectivity index (χ0) is 18.8. The summed E-state index contributed by atoms with van der Waals surface area (Å²) < 4.78 is 0. The van der Waals surface area contributed by atoms with Gasteiger partial charge in [-0.05, 0) is 50.2 Å². The van der Waals surface area contributed by atoms with Gasteiger partial charge in [0.05, 0.1) is 38.2 Å². The second-order valence-corrected chi connectivity index (χ2v) is 6.42. The molecule has 3 aromatic rings. The Morgan fingerprint density at radius 3 is 2.35 bits per heavy atom. The quantitative estimate of drug-likeness (QED) is 0.656. The topological polar surface area (TPSA) is 75.2 Å². The maximum absolute atomic E-state index is 12.5. The highest BCUT2D eigenvalue weighted by Crippen LogP contribution is 2.26. The highest BCUT2D eigenvalue weighted by Gasteiger charge is 2.17. The molecule has 0 spiro atoms. The number of anilines is 2. The van der Waals surface area contributed by atoms with Crippen LogP contribution in [0.2, 0.25) is 10.0 Å². The summed E-state index contributed by atoms with van der Waals surface area (Å²) in [6.07, 6.45) is 0.433. The highest BCUT2D eigenvalue weighted by molar-refractivity contribution is 6.42. The molecule has 0 bridgehead atoms. The fraction of sp³-hybridized carbons (Fsp3) is 0.111. The molecule has 0 saturated carbocycles. The average Bonchev–Trinajstić information content (AvgIpc) is 2.60. The van der Waals surface area contributed by atoms with Crippen LogP contribution >= 0.6 is 23.2 Å². The number of fused-ring (bicyclic) bond motifs is 1. The lowest BCUT2D eigenvalue weighted by molar-refractivity contribution is -0.106. The van der Waals surface area contributed by atoms with Crippen LogP contribution in [0.1, 0.15) is 11.4 Å². The number of urea groups is 1. The van der Waals surface area contributed by atoms with Crippen LogP contribution < -0.4 is 10.2 Å². The molecule has 2 aromatic carbocycles. The molecule has 0 unspecified atom stereocenters. The van der Waals surface area contributed by atoms with Crippen LogP contribution in [-0.4, -0.2) is 22.4 Å². The molecule has 0 aliphatic rings. The molecule has 0 aliphatic carbocycles. The number of aryl methyl sites for hydroxylation is 2. The standard InChI is InChI=1S/C18H14Cl2N4O2/c1-10-11(2)22-17-8-13(4-6-16(17)21-10)24(9-25)18(26)23-12-3-5-14(19)15(20)7-12/h3-9H,1-2H3,(H,23,26). The average molecular weight is 389 g/mol. The van der Waals surface area contributed by atoms with Crippen molar-refractivity contribution >= 4 is 58.1 Å². The van der Waals surface area contributed by atoms with E-state index in [1.165, 1.54) is 6.07 Å². The summed E-state index contributed by atoms with van der Waals surface area (Å²) in [6.45, 7) is 3.72. The fourth-order valence-electron chi connectivity index (χ4n) is 2.35. The van der Waals surface area contributed by atoms with Crippen molar-refractivity contribution in [3.8, 4) is 0 Å². The van der Waals surface area contributed by atoms with Gasteiger partial charge in [0, 0.05) is 5.69 Å². The summed E-state index contributed by atoms with van der Waals surface area (Å²) in [5.41, 5.74) is 3.70. The van der Waals surface area contributed by atoms with Crippen LogP contribution in [0.15, 0.2) is 36.4 Å². The van der Waals surface area contributed by atoms with Crippen molar-refractivity contribution in [3.05, 3.63) is 57.8 Å². The minimum Gasteiger partial charge on any atom is -0.307 e. The number of halogens is 2. The Morgan fingerprint density at radius 2 is 1.69 bits per heavy atom. The van der Waals surface area contributed by atoms with Gasteiger partial charge in [-0.25, -0.2) is 19.7 Å². The number of amides is 3. The van der Waals surface area contributed by atoms with Crippen molar-refractivity contribution in [3.63, 3.8) is 0 Å². The predicted molar refractivity (Wildman–Crippen MR) is 103 cm³/mol. The van der Waals surface area contributed by atoms with Gasteiger partial charge in [0.1, 0.15) is 0 Å². The molecule has 0 radical (unpaired) electrons. The van der Waals surface area contributed by atoms with Gasteiger partial charge in [-0.15, -0.1) is 0 Å². The Bertz CT molecular complexity index is 1020. The third-order valence-electron chi connectivity index (χ3n) is 3.83. The highest BCUT2D eigenvalue weighted by atomic mass is 35.5. The number of carbonyl (C=O) groups excluding carboxylic acids is 2. The Labute approximate surface area is 159 Å². The predicted octanol–water partition coefficient (Wildman–Crippen LogP) is 4.75. The molecule has 26 heavy (non-hydrogen) atoms. The number of benzene rings is 2. The Balaban J connectivity index is 1.90. The van der Waals surface area contributed by atoms with Crippen LogP contribution in [0.25, 0.3) is 11.0 Å². The van der Waals surface area contributed by atoms with E-state index >= 15 is 0 Å². The molecule has 1 N–H and O–H groups in total. The molecule has 132 valence electrons. The van der Waals surface area contributed by atoms with E-state index in [4.69, 9.17) is 23.2 Å². The number of nitrogens with one attached hydrogen (secondary N) is 1. The lowest BCUT2D eigenvalue weighted by Crippen LogP contribution is -2.33. The van der Waals surface area contributed by atoms with Crippen molar-refractivity contribution < 1.29 is 9.59 Å². The molecule has 0 atom stereocenters. The summed E-state index contributed by atoms with van der Waals surface area (Å²) in [5, 5.41) is 3.28. The van der Waals surface area contributed by atoms with Gasteiger partial charge >= 0.3 is 6.03 Å². The van der Waals surface area contributed by atoms with E-state index in [2.05, 4.69) is 15.3 Å². The van der Waals surface area contributed by atoms with E-state index in [0.29, 0.717) is 38.9 Å². The van der Waals surface area contributed by atoms with Gasteiger partial charge < -0.3 is 5.32 Å². The molecular weight excluding hydrogens is 375 g/mol. The molecule has 0 fully saturated rings. The number of nitrogens with zero attached hydrogens (tertiary/aromatic N) is 3. The first-order valence-electron chi connectivity index (χ1n) is 7.64. The smallest absolute Gasteiger partial charge is 0.307 e. The number of imide groups is 1. The van der Waals surface area contributed by atoms with E-state index in [-0.39, 0.29) is 0 Å². The van der Waals surface area contributed by atoms with Gasteiger partial charge in [0.15, 0.2) is 0 Å². The second kappa shape index (κ2) is 7.27. The Morgan fingerprint density at radius 1 is 1.00 bits per heavy atom. The SMILES string of the molecule is Cc1nc2ccc(N(C=O)C(=O)Nc3ccc(Cl)c(Cl)c3)cc2nc1C. The molecule has 1 heterocycles. The van der Waals surface area contributed by atoms with Crippen LogP contribution in [0, 0.1) is 13.8 Å². The van der Waals surface area contributed by atoms with E-state index in [1.54, 1.807) is 30.3 Å². The molecule has 3 rings (SSSR count). The zero-order valence-corrected chi connectivity index (χ0v) is 15.5. The summed E-state index contributed by atoms with van der Waals surface area (Å²) in [7, 11) is 0. The van der Waals surface area contributed by atoms with Gasteiger partial charge in [-0.1, -0.05) is 23.2 Å². The summed E-state index contributed by atoms with van der Waals surface area (Å²) >= 11 is 11.8. The van der Waals surface area contributed by atoms with Crippen molar-refractivity contribution in [1.82, 2.24) is 9.97 Å². The lowest BCUT2D eigenvalue weighted by atomic mass is 10.2. The lowest BCUT2D eigenvalue weighted by Gasteiger charge is -2.17. The number of aromatic nitrogens is 2. The number of carbonyl (C=O) groups is 2.